The number of benzene rings is 1. The zero-order valence-electron chi connectivity index (χ0n) is 6.89. The van der Waals surface area contributed by atoms with E-state index in [2.05, 4.69) is 11.9 Å². The first kappa shape index (κ1) is 9.30. The standard InChI is InChI=1S/C10H12ClN/c1-2-7-12-8-9-5-3-4-6-10(9)11/h2-6,12H,1,7-8H2. The summed E-state index contributed by atoms with van der Waals surface area (Å²) in [6.45, 7) is 5.23. The van der Waals surface area contributed by atoms with E-state index in [-0.39, 0.29) is 0 Å². The molecule has 1 aromatic rings. The van der Waals surface area contributed by atoms with Gasteiger partial charge in [-0.05, 0) is 11.6 Å². The molecule has 0 aliphatic carbocycles. The summed E-state index contributed by atoms with van der Waals surface area (Å²) in [6.07, 6.45) is 1.83. The molecule has 2 heteroatoms. The molecule has 1 nitrogen and oxygen atoms in total. The van der Waals surface area contributed by atoms with Crippen molar-refractivity contribution in [1.82, 2.24) is 5.32 Å². The molecule has 0 saturated carbocycles. The van der Waals surface area contributed by atoms with Gasteiger partial charge in [-0.25, -0.2) is 0 Å². The van der Waals surface area contributed by atoms with E-state index in [9.17, 15) is 0 Å². The Kier molecular flexibility index (Phi) is 3.85. The van der Waals surface area contributed by atoms with Crippen LogP contribution in [0.5, 0.6) is 0 Å². The van der Waals surface area contributed by atoms with Crippen LogP contribution in [0.3, 0.4) is 0 Å². The van der Waals surface area contributed by atoms with Crippen LogP contribution in [0.25, 0.3) is 0 Å². The Balaban J connectivity index is 2.51. The van der Waals surface area contributed by atoms with Crippen molar-refractivity contribution in [2.75, 3.05) is 6.54 Å². The highest BCUT2D eigenvalue weighted by molar-refractivity contribution is 6.31. The first-order valence-corrected chi connectivity index (χ1v) is 4.27. The van der Waals surface area contributed by atoms with Crippen LogP contribution >= 0.6 is 11.6 Å². The molecule has 0 aliphatic heterocycles. The van der Waals surface area contributed by atoms with Crippen LogP contribution < -0.4 is 5.32 Å². The summed E-state index contributed by atoms with van der Waals surface area (Å²) in [7, 11) is 0. The normalized spacial score (nSPS) is 9.75. The molecule has 0 spiro atoms. The predicted molar refractivity (Wildman–Crippen MR) is 53.4 cm³/mol. The monoisotopic (exact) mass is 181 g/mol. The number of hydrogen-bond acceptors (Lipinski definition) is 1. The number of halogens is 1. The van der Waals surface area contributed by atoms with E-state index in [4.69, 9.17) is 11.6 Å². The summed E-state index contributed by atoms with van der Waals surface area (Å²) in [5, 5.41) is 4.00. The summed E-state index contributed by atoms with van der Waals surface area (Å²) in [6, 6.07) is 7.82. The maximum atomic E-state index is 5.94. The molecule has 0 radical (unpaired) electrons. The molecule has 0 unspecified atom stereocenters. The predicted octanol–water partition coefficient (Wildman–Crippen LogP) is 2.62. The number of rotatable bonds is 4. The van der Waals surface area contributed by atoms with E-state index >= 15 is 0 Å². The van der Waals surface area contributed by atoms with E-state index in [1.807, 2.05) is 30.3 Å². The average molecular weight is 182 g/mol. The van der Waals surface area contributed by atoms with Gasteiger partial charge >= 0.3 is 0 Å². The molecular weight excluding hydrogens is 170 g/mol. The van der Waals surface area contributed by atoms with Gasteiger partial charge in [0.05, 0.1) is 0 Å². The summed E-state index contributed by atoms with van der Waals surface area (Å²) in [4.78, 5) is 0. The van der Waals surface area contributed by atoms with Crippen LogP contribution in [0.15, 0.2) is 36.9 Å². The molecule has 0 fully saturated rings. The lowest BCUT2D eigenvalue weighted by Crippen LogP contribution is -2.12. The van der Waals surface area contributed by atoms with Crippen molar-refractivity contribution in [2.24, 2.45) is 0 Å². The SMILES string of the molecule is C=CCNCc1ccccc1Cl. The van der Waals surface area contributed by atoms with Gasteiger partial charge in [0.2, 0.25) is 0 Å². The average Bonchev–Trinajstić information content (AvgIpc) is 2.09. The van der Waals surface area contributed by atoms with Crippen LogP contribution in [0.1, 0.15) is 5.56 Å². The third kappa shape index (κ3) is 2.68. The summed E-state index contributed by atoms with van der Waals surface area (Å²) in [5.41, 5.74) is 1.13. The number of hydrogen-bond donors (Lipinski definition) is 1. The quantitative estimate of drug-likeness (QED) is 0.556. The second-order valence-corrected chi connectivity index (χ2v) is 2.92. The highest BCUT2D eigenvalue weighted by Crippen LogP contribution is 2.13. The van der Waals surface area contributed by atoms with E-state index in [1.54, 1.807) is 0 Å². The van der Waals surface area contributed by atoms with E-state index in [1.165, 1.54) is 0 Å². The second kappa shape index (κ2) is 4.96. The van der Waals surface area contributed by atoms with Gasteiger partial charge in [-0.15, -0.1) is 6.58 Å². The minimum absolute atomic E-state index is 0.797. The molecule has 64 valence electrons. The maximum absolute atomic E-state index is 5.94. The zero-order valence-corrected chi connectivity index (χ0v) is 7.64. The van der Waals surface area contributed by atoms with Gasteiger partial charge in [-0.2, -0.15) is 0 Å². The molecule has 0 heterocycles. The first-order chi connectivity index (χ1) is 5.84. The molecule has 1 aromatic carbocycles. The highest BCUT2D eigenvalue weighted by atomic mass is 35.5. The van der Waals surface area contributed by atoms with Crippen molar-refractivity contribution >= 4 is 11.6 Å². The first-order valence-electron chi connectivity index (χ1n) is 3.89. The fourth-order valence-electron chi connectivity index (χ4n) is 0.951. The van der Waals surface area contributed by atoms with E-state index in [0.717, 1.165) is 23.7 Å². The Morgan fingerprint density at radius 2 is 2.17 bits per heavy atom. The Hall–Kier alpha value is -0.790. The Labute approximate surface area is 78.1 Å². The van der Waals surface area contributed by atoms with E-state index < -0.39 is 0 Å². The lowest BCUT2D eigenvalue weighted by atomic mass is 10.2. The fourth-order valence-corrected chi connectivity index (χ4v) is 1.15. The lowest BCUT2D eigenvalue weighted by Gasteiger charge is -2.03. The zero-order chi connectivity index (χ0) is 8.81. The molecule has 0 bridgehead atoms. The van der Waals surface area contributed by atoms with Gasteiger partial charge < -0.3 is 5.32 Å². The largest absolute Gasteiger partial charge is 0.309 e. The van der Waals surface area contributed by atoms with E-state index in [0.29, 0.717) is 0 Å². The second-order valence-electron chi connectivity index (χ2n) is 2.51. The third-order valence-electron chi connectivity index (χ3n) is 1.56. The van der Waals surface area contributed by atoms with Crippen molar-refractivity contribution < 1.29 is 0 Å². The van der Waals surface area contributed by atoms with Crippen molar-refractivity contribution in [2.45, 2.75) is 6.54 Å². The minimum Gasteiger partial charge on any atom is -0.309 e. The van der Waals surface area contributed by atoms with Gasteiger partial charge in [0.15, 0.2) is 0 Å². The smallest absolute Gasteiger partial charge is 0.0450 e. The van der Waals surface area contributed by atoms with Crippen molar-refractivity contribution in [3.05, 3.63) is 47.5 Å². The van der Waals surface area contributed by atoms with Gasteiger partial charge in [-0.3, -0.25) is 0 Å². The summed E-state index contributed by atoms with van der Waals surface area (Å²) >= 11 is 5.94. The van der Waals surface area contributed by atoms with Crippen LogP contribution in [0, 0.1) is 0 Å². The Morgan fingerprint density at radius 3 is 2.83 bits per heavy atom. The minimum atomic E-state index is 0.797. The maximum Gasteiger partial charge on any atom is 0.0450 e. The van der Waals surface area contributed by atoms with Gasteiger partial charge in [-0.1, -0.05) is 35.9 Å². The lowest BCUT2D eigenvalue weighted by molar-refractivity contribution is 0.761. The van der Waals surface area contributed by atoms with Crippen LogP contribution in [0.2, 0.25) is 5.02 Å². The van der Waals surface area contributed by atoms with Crippen LogP contribution in [-0.4, -0.2) is 6.54 Å². The fraction of sp³-hybridized carbons (Fsp3) is 0.200. The topological polar surface area (TPSA) is 12.0 Å². The Bertz CT molecular complexity index is 258. The van der Waals surface area contributed by atoms with Crippen LogP contribution in [-0.2, 0) is 6.54 Å². The molecule has 1 rings (SSSR count). The molecule has 0 aliphatic rings. The van der Waals surface area contributed by atoms with Crippen molar-refractivity contribution in [3.63, 3.8) is 0 Å². The number of nitrogens with one attached hydrogen (secondary N) is 1. The molecule has 0 amide bonds. The van der Waals surface area contributed by atoms with Crippen molar-refractivity contribution in [1.29, 1.82) is 0 Å². The van der Waals surface area contributed by atoms with Gasteiger partial charge in [0.25, 0.3) is 0 Å². The van der Waals surface area contributed by atoms with Crippen molar-refractivity contribution in [3.8, 4) is 0 Å². The molecule has 12 heavy (non-hydrogen) atoms. The molecule has 0 aromatic heterocycles. The molecule has 1 N–H and O–H groups in total. The molecule has 0 saturated heterocycles. The van der Waals surface area contributed by atoms with Gasteiger partial charge in [0.1, 0.15) is 0 Å². The molecule has 0 atom stereocenters. The summed E-state index contributed by atoms with van der Waals surface area (Å²) < 4.78 is 0. The van der Waals surface area contributed by atoms with Crippen LogP contribution in [0.4, 0.5) is 0 Å². The molecular formula is C10H12ClN. The highest BCUT2D eigenvalue weighted by Gasteiger charge is 1.95. The summed E-state index contributed by atoms with van der Waals surface area (Å²) in [5.74, 6) is 0. The third-order valence-corrected chi connectivity index (χ3v) is 1.93. The van der Waals surface area contributed by atoms with Gasteiger partial charge in [0, 0.05) is 18.1 Å². The Morgan fingerprint density at radius 1 is 1.42 bits per heavy atom.